The van der Waals surface area contributed by atoms with Gasteiger partial charge in [0.25, 0.3) is 10.0 Å². The van der Waals surface area contributed by atoms with Crippen LogP contribution in [0.15, 0.2) is 77.1 Å². The number of nitriles is 1. The van der Waals surface area contributed by atoms with E-state index < -0.39 is 21.9 Å². The van der Waals surface area contributed by atoms with Gasteiger partial charge in [-0.15, -0.1) is 11.3 Å². The molecule has 0 spiro atoms. The predicted molar refractivity (Wildman–Crippen MR) is 119 cm³/mol. The summed E-state index contributed by atoms with van der Waals surface area (Å²) in [5, 5.41) is 11.3. The number of ether oxygens (including phenoxy) is 1. The minimum atomic E-state index is -4.55. The van der Waals surface area contributed by atoms with Crippen LogP contribution in [0, 0.1) is 11.3 Å². The fraction of sp³-hybridized carbons (Fsp3) is 0.0455. The van der Waals surface area contributed by atoms with Crippen LogP contribution in [0.25, 0.3) is 11.3 Å². The molecule has 0 aliphatic rings. The molecule has 1 N–H and O–H groups in total. The summed E-state index contributed by atoms with van der Waals surface area (Å²) in [6.07, 6.45) is -3.10. The second kappa shape index (κ2) is 9.12. The number of aromatic nitrogens is 2. The van der Waals surface area contributed by atoms with Crippen molar-refractivity contribution >= 4 is 26.5 Å². The van der Waals surface area contributed by atoms with Crippen molar-refractivity contribution in [1.29, 1.82) is 5.26 Å². The quantitative estimate of drug-likeness (QED) is 0.363. The highest BCUT2D eigenvalue weighted by Crippen LogP contribution is 2.32. The smallest absolute Gasteiger partial charge is 0.433 e. The van der Waals surface area contributed by atoms with Gasteiger partial charge in [0.2, 0.25) is 0 Å². The monoisotopic (exact) mass is 502 g/mol. The summed E-state index contributed by atoms with van der Waals surface area (Å²) in [5.41, 5.74) is -0.441. The molecular weight excluding hydrogens is 489 g/mol. The highest BCUT2D eigenvalue weighted by molar-refractivity contribution is 7.93. The van der Waals surface area contributed by atoms with Crippen LogP contribution in [-0.2, 0) is 16.2 Å². The molecule has 2 aromatic carbocycles. The van der Waals surface area contributed by atoms with Crippen LogP contribution in [0.3, 0.4) is 0 Å². The third-order valence-corrected chi connectivity index (χ3v) is 6.61. The number of hydrogen-bond acceptors (Lipinski definition) is 7. The highest BCUT2D eigenvalue weighted by atomic mass is 32.2. The van der Waals surface area contributed by atoms with Crippen molar-refractivity contribution in [1.82, 2.24) is 9.97 Å². The number of rotatable bonds is 6. The fourth-order valence-corrected chi connectivity index (χ4v) is 4.69. The summed E-state index contributed by atoms with van der Waals surface area (Å²) >= 11 is 1.11. The van der Waals surface area contributed by atoms with Gasteiger partial charge in [-0.05, 0) is 54.6 Å². The predicted octanol–water partition coefficient (Wildman–Crippen LogP) is 5.69. The number of benzene rings is 2. The van der Waals surface area contributed by atoms with Gasteiger partial charge < -0.3 is 4.74 Å². The summed E-state index contributed by atoms with van der Waals surface area (Å²) in [5.74, 6) is 0.407. The van der Waals surface area contributed by atoms with E-state index in [-0.39, 0.29) is 27.0 Å². The second-order valence-corrected chi connectivity index (χ2v) is 9.32. The molecule has 0 radical (unpaired) electrons. The van der Waals surface area contributed by atoms with E-state index in [0.717, 1.165) is 17.4 Å². The number of sulfonamides is 1. The van der Waals surface area contributed by atoms with Crippen LogP contribution in [0.1, 0.15) is 11.3 Å². The van der Waals surface area contributed by atoms with Gasteiger partial charge in [0.1, 0.15) is 23.3 Å². The minimum Gasteiger partial charge on any atom is -0.456 e. The lowest BCUT2D eigenvalue weighted by Crippen LogP contribution is -2.13. The highest BCUT2D eigenvalue weighted by Gasteiger charge is 2.32. The molecule has 0 fully saturated rings. The van der Waals surface area contributed by atoms with Crippen LogP contribution < -0.4 is 9.46 Å². The first-order valence-corrected chi connectivity index (χ1v) is 11.8. The summed E-state index contributed by atoms with van der Waals surface area (Å²) < 4.78 is 71.8. The van der Waals surface area contributed by atoms with E-state index in [1.54, 1.807) is 5.38 Å². The van der Waals surface area contributed by atoms with E-state index >= 15 is 0 Å². The lowest BCUT2D eigenvalue weighted by Gasteiger charge is -2.11. The number of hydrogen-bond donors (Lipinski definition) is 1. The number of pyridine rings is 1. The Balaban J connectivity index is 1.55. The molecule has 0 atom stereocenters. The van der Waals surface area contributed by atoms with Crippen LogP contribution in [-0.4, -0.2) is 18.4 Å². The van der Waals surface area contributed by atoms with Crippen molar-refractivity contribution in [3.8, 4) is 28.8 Å². The molecule has 172 valence electrons. The Labute approximate surface area is 196 Å². The maximum absolute atomic E-state index is 12.9. The van der Waals surface area contributed by atoms with E-state index in [0.29, 0.717) is 11.3 Å². The Morgan fingerprint density at radius 3 is 2.47 bits per heavy atom. The van der Waals surface area contributed by atoms with E-state index in [1.165, 1.54) is 60.8 Å². The molecule has 4 rings (SSSR count). The molecule has 4 aromatic rings. The van der Waals surface area contributed by atoms with E-state index in [4.69, 9.17) is 4.74 Å². The molecule has 0 saturated carbocycles. The Hall–Kier alpha value is -3.95. The van der Waals surface area contributed by atoms with Gasteiger partial charge in [0.15, 0.2) is 5.13 Å². The zero-order valence-corrected chi connectivity index (χ0v) is 18.6. The summed E-state index contributed by atoms with van der Waals surface area (Å²) in [7, 11) is -3.95. The molecule has 0 bridgehead atoms. The lowest BCUT2D eigenvalue weighted by atomic mass is 10.1. The minimum absolute atomic E-state index is 0.0226. The van der Waals surface area contributed by atoms with Gasteiger partial charge in [-0.2, -0.15) is 18.4 Å². The van der Waals surface area contributed by atoms with Gasteiger partial charge in [-0.3, -0.25) is 4.72 Å². The maximum atomic E-state index is 12.9. The number of anilines is 1. The molecule has 34 heavy (non-hydrogen) atoms. The molecule has 0 saturated heterocycles. The van der Waals surface area contributed by atoms with Crippen LogP contribution >= 0.6 is 11.3 Å². The molecule has 0 aliphatic heterocycles. The van der Waals surface area contributed by atoms with E-state index in [2.05, 4.69) is 14.7 Å². The number of nitrogens with one attached hydrogen (secondary N) is 1. The second-order valence-electron chi connectivity index (χ2n) is 6.74. The number of alkyl halides is 3. The maximum Gasteiger partial charge on any atom is 0.433 e. The first-order chi connectivity index (χ1) is 16.2. The molecule has 2 aromatic heterocycles. The van der Waals surface area contributed by atoms with Gasteiger partial charge in [0, 0.05) is 17.1 Å². The first kappa shape index (κ1) is 23.2. The average Bonchev–Trinajstić information content (AvgIpc) is 3.31. The van der Waals surface area contributed by atoms with Gasteiger partial charge in [-0.1, -0.05) is 6.07 Å². The Morgan fingerprint density at radius 2 is 1.82 bits per heavy atom. The summed E-state index contributed by atoms with van der Waals surface area (Å²) in [6.45, 7) is 0. The number of nitrogens with zero attached hydrogens (tertiary/aromatic N) is 3. The van der Waals surface area contributed by atoms with Crippen molar-refractivity contribution in [2.75, 3.05) is 4.72 Å². The van der Waals surface area contributed by atoms with Crippen LogP contribution in [0.2, 0.25) is 0 Å². The van der Waals surface area contributed by atoms with Gasteiger partial charge in [-0.25, -0.2) is 18.4 Å². The van der Waals surface area contributed by atoms with Crippen LogP contribution in [0.4, 0.5) is 18.3 Å². The zero-order valence-electron chi connectivity index (χ0n) is 16.9. The van der Waals surface area contributed by atoms with Crippen molar-refractivity contribution in [3.63, 3.8) is 0 Å². The summed E-state index contributed by atoms with van der Waals surface area (Å²) in [6, 6.07) is 15.4. The molecule has 0 aliphatic carbocycles. The summed E-state index contributed by atoms with van der Waals surface area (Å²) in [4.78, 5) is 7.36. The van der Waals surface area contributed by atoms with E-state index in [9.17, 15) is 26.9 Å². The normalized spacial score (nSPS) is 11.6. The van der Waals surface area contributed by atoms with Gasteiger partial charge in [0.05, 0.1) is 16.2 Å². The third-order valence-electron chi connectivity index (χ3n) is 4.45. The Morgan fingerprint density at radius 1 is 1.06 bits per heavy atom. The average molecular weight is 502 g/mol. The Kier molecular flexibility index (Phi) is 6.23. The molecule has 0 amide bonds. The topological polar surface area (TPSA) is 105 Å². The molecule has 0 unspecified atom stereocenters. The van der Waals surface area contributed by atoms with Crippen molar-refractivity contribution in [2.45, 2.75) is 11.1 Å². The van der Waals surface area contributed by atoms with Crippen LogP contribution in [0.5, 0.6) is 11.5 Å². The lowest BCUT2D eigenvalue weighted by molar-refractivity contribution is -0.141. The zero-order chi connectivity index (χ0) is 24.3. The standard InChI is InChI=1S/C22H13F3N4O3S2/c23-22(24,25)20-3-1-2-18(28-20)14-4-6-16(7-5-14)32-19-9-8-17(12-15(19)13-26)34(30,31)29-21-27-10-11-33-21/h1-12H,(H,27,29). The van der Waals surface area contributed by atoms with E-state index in [1.807, 2.05) is 6.07 Å². The molecular formula is C22H13F3N4O3S2. The van der Waals surface area contributed by atoms with Gasteiger partial charge >= 0.3 is 6.18 Å². The largest absolute Gasteiger partial charge is 0.456 e. The first-order valence-electron chi connectivity index (χ1n) is 9.45. The van der Waals surface area contributed by atoms with Crippen molar-refractivity contribution in [2.24, 2.45) is 0 Å². The van der Waals surface area contributed by atoms with Crippen molar-refractivity contribution in [3.05, 3.63) is 83.5 Å². The fourth-order valence-electron chi connectivity index (χ4n) is 2.87. The SMILES string of the molecule is N#Cc1cc(S(=O)(=O)Nc2nccs2)ccc1Oc1ccc(-c2cccc(C(F)(F)F)n2)cc1. The number of halogens is 3. The molecule has 7 nitrogen and oxygen atoms in total. The third kappa shape index (κ3) is 5.16. The Bertz CT molecular complexity index is 1460. The molecule has 12 heteroatoms. The molecule has 2 heterocycles. The van der Waals surface area contributed by atoms with Crippen molar-refractivity contribution < 1.29 is 26.3 Å². The number of thiazole rings is 1.